The summed E-state index contributed by atoms with van der Waals surface area (Å²) >= 11 is 1.20. The van der Waals surface area contributed by atoms with E-state index in [9.17, 15) is 14.0 Å². The summed E-state index contributed by atoms with van der Waals surface area (Å²) in [7, 11) is 0. The van der Waals surface area contributed by atoms with Crippen molar-refractivity contribution in [3.63, 3.8) is 0 Å². The first-order valence-corrected chi connectivity index (χ1v) is 9.27. The lowest BCUT2D eigenvalue weighted by atomic mass is 10.3. The highest BCUT2D eigenvalue weighted by molar-refractivity contribution is 8.00. The van der Waals surface area contributed by atoms with Gasteiger partial charge in [0.15, 0.2) is 0 Å². The molecular formula is C19H21FN2O3S. The summed E-state index contributed by atoms with van der Waals surface area (Å²) in [5, 5.41) is 5.41. The molecule has 0 aliphatic heterocycles. The molecule has 2 aromatic carbocycles. The Balaban J connectivity index is 1.69. The van der Waals surface area contributed by atoms with E-state index < -0.39 is 0 Å². The van der Waals surface area contributed by atoms with Crippen LogP contribution in [-0.2, 0) is 9.59 Å². The molecule has 0 saturated heterocycles. The molecule has 138 valence electrons. The van der Waals surface area contributed by atoms with Crippen LogP contribution in [0.5, 0.6) is 5.75 Å². The van der Waals surface area contributed by atoms with Gasteiger partial charge in [0, 0.05) is 11.4 Å². The molecule has 0 fully saturated rings. The van der Waals surface area contributed by atoms with Gasteiger partial charge in [0.25, 0.3) is 0 Å². The first-order valence-electron chi connectivity index (χ1n) is 8.12. The molecule has 0 saturated carbocycles. The molecule has 0 aromatic heterocycles. The second-order valence-corrected chi connectivity index (χ2v) is 6.77. The van der Waals surface area contributed by atoms with Crippen molar-refractivity contribution in [1.82, 2.24) is 0 Å². The lowest BCUT2D eigenvalue weighted by Crippen LogP contribution is -2.18. The molecule has 7 heteroatoms. The fourth-order valence-electron chi connectivity index (χ4n) is 2.05. The van der Waals surface area contributed by atoms with E-state index in [1.165, 1.54) is 36.0 Å². The van der Waals surface area contributed by atoms with E-state index in [2.05, 4.69) is 10.6 Å². The maximum atomic E-state index is 12.8. The van der Waals surface area contributed by atoms with Crippen LogP contribution in [0.15, 0.2) is 48.5 Å². The lowest BCUT2D eigenvalue weighted by Gasteiger charge is -2.10. The van der Waals surface area contributed by atoms with Crippen molar-refractivity contribution in [3.05, 3.63) is 54.3 Å². The molecule has 0 aliphatic rings. The molecule has 0 aliphatic carbocycles. The summed E-state index contributed by atoms with van der Waals surface area (Å²) in [6, 6.07) is 12.6. The lowest BCUT2D eigenvalue weighted by molar-refractivity contribution is -0.114. The van der Waals surface area contributed by atoms with Gasteiger partial charge >= 0.3 is 0 Å². The molecule has 2 amide bonds. The fourth-order valence-corrected chi connectivity index (χ4v) is 2.67. The molecule has 2 rings (SSSR count). The molecule has 0 bridgehead atoms. The van der Waals surface area contributed by atoms with Gasteiger partial charge in [-0.25, -0.2) is 4.39 Å². The molecule has 5 nitrogen and oxygen atoms in total. The van der Waals surface area contributed by atoms with E-state index in [1.54, 1.807) is 24.3 Å². The zero-order valence-corrected chi connectivity index (χ0v) is 15.4. The zero-order valence-electron chi connectivity index (χ0n) is 14.6. The number of amides is 2. The number of hydrogen-bond donors (Lipinski definition) is 2. The molecule has 0 atom stereocenters. The Morgan fingerprint density at radius 1 is 0.923 bits per heavy atom. The van der Waals surface area contributed by atoms with Crippen LogP contribution in [0.4, 0.5) is 15.8 Å². The van der Waals surface area contributed by atoms with E-state index in [0.717, 1.165) is 5.75 Å². The fraction of sp³-hybridized carbons (Fsp3) is 0.263. The van der Waals surface area contributed by atoms with Gasteiger partial charge in [-0.15, -0.1) is 11.8 Å². The third-order valence-corrected chi connectivity index (χ3v) is 4.04. The van der Waals surface area contributed by atoms with E-state index in [-0.39, 0.29) is 35.2 Å². The minimum absolute atomic E-state index is 0.0906. The second kappa shape index (κ2) is 9.82. The van der Waals surface area contributed by atoms with Gasteiger partial charge in [-0.05, 0) is 62.4 Å². The summed E-state index contributed by atoms with van der Waals surface area (Å²) in [4.78, 5) is 23.7. The van der Waals surface area contributed by atoms with Crippen molar-refractivity contribution in [2.75, 3.05) is 22.1 Å². The van der Waals surface area contributed by atoms with E-state index in [1.807, 2.05) is 13.8 Å². The maximum Gasteiger partial charge on any atom is 0.234 e. The highest BCUT2D eigenvalue weighted by atomic mass is 32.2. The summed E-state index contributed by atoms with van der Waals surface area (Å²) in [5.41, 5.74) is 1.19. The van der Waals surface area contributed by atoms with Gasteiger partial charge in [0.05, 0.1) is 17.6 Å². The van der Waals surface area contributed by atoms with Crippen molar-refractivity contribution in [2.45, 2.75) is 20.0 Å². The normalized spacial score (nSPS) is 10.5. The third-order valence-electron chi connectivity index (χ3n) is 3.10. The number of ether oxygens (including phenoxy) is 1. The van der Waals surface area contributed by atoms with Crippen molar-refractivity contribution >= 4 is 35.0 Å². The Morgan fingerprint density at radius 3 is 1.85 bits per heavy atom. The SMILES string of the molecule is CC(C)Oc1ccc(NC(=O)CSCC(=O)Nc2ccc(F)cc2)cc1. The average Bonchev–Trinajstić information content (AvgIpc) is 2.58. The van der Waals surface area contributed by atoms with Gasteiger partial charge < -0.3 is 15.4 Å². The zero-order chi connectivity index (χ0) is 18.9. The number of thioether (sulfide) groups is 1. The number of carbonyl (C=O) groups is 2. The number of carbonyl (C=O) groups excluding carboxylic acids is 2. The molecule has 0 heterocycles. The van der Waals surface area contributed by atoms with Crippen LogP contribution in [0.2, 0.25) is 0 Å². The molecule has 2 aromatic rings. The third kappa shape index (κ3) is 7.14. The Bertz CT molecular complexity index is 733. The minimum atomic E-state index is -0.363. The Kier molecular flexibility index (Phi) is 7.47. The topological polar surface area (TPSA) is 67.4 Å². The highest BCUT2D eigenvalue weighted by Gasteiger charge is 2.07. The first-order chi connectivity index (χ1) is 12.4. The van der Waals surface area contributed by atoms with E-state index in [4.69, 9.17) is 4.74 Å². The largest absolute Gasteiger partial charge is 0.491 e. The number of anilines is 2. The van der Waals surface area contributed by atoms with Crippen LogP contribution in [0.1, 0.15) is 13.8 Å². The van der Waals surface area contributed by atoms with Gasteiger partial charge in [-0.1, -0.05) is 0 Å². The van der Waals surface area contributed by atoms with Gasteiger partial charge in [-0.3, -0.25) is 9.59 Å². The number of nitrogens with one attached hydrogen (secondary N) is 2. The van der Waals surface area contributed by atoms with Crippen molar-refractivity contribution in [2.24, 2.45) is 0 Å². The van der Waals surface area contributed by atoms with Crippen LogP contribution in [-0.4, -0.2) is 29.4 Å². The quantitative estimate of drug-likeness (QED) is 0.733. The van der Waals surface area contributed by atoms with Gasteiger partial charge in [0.2, 0.25) is 11.8 Å². The smallest absolute Gasteiger partial charge is 0.234 e. The van der Waals surface area contributed by atoms with Crippen molar-refractivity contribution < 1.29 is 18.7 Å². The number of hydrogen-bond acceptors (Lipinski definition) is 4. The molecule has 0 unspecified atom stereocenters. The predicted molar refractivity (Wildman–Crippen MR) is 103 cm³/mol. The summed E-state index contributed by atoms with van der Waals surface area (Å²) in [6.45, 7) is 3.89. The number of rotatable bonds is 8. The summed E-state index contributed by atoms with van der Waals surface area (Å²) in [6.07, 6.45) is 0.0906. The molecule has 0 radical (unpaired) electrons. The highest BCUT2D eigenvalue weighted by Crippen LogP contribution is 2.17. The van der Waals surface area contributed by atoms with Crippen molar-refractivity contribution in [1.29, 1.82) is 0 Å². The Hall–Kier alpha value is -2.54. The van der Waals surface area contributed by atoms with Gasteiger partial charge in [-0.2, -0.15) is 0 Å². The number of benzene rings is 2. The predicted octanol–water partition coefficient (Wildman–Crippen LogP) is 3.92. The molecule has 2 N–H and O–H groups in total. The van der Waals surface area contributed by atoms with Crippen LogP contribution >= 0.6 is 11.8 Å². The van der Waals surface area contributed by atoms with E-state index >= 15 is 0 Å². The Labute approximate surface area is 156 Å². The number of halogens is 1. The van der Waals surface area contributed by atoms with Crippen LogP contribution < -0.4 is 15.4 Å². The maximum absolute atomic E-state index is 12.8. The molecular weight excluding hydrogens is 355 g/mol. The monoisotopic (exact) mass is 376 g/mol. The minimum Gasteiger partial charge on any atom is -0.491 e. The van der Waals surface area contributed by atoms with Gasteiger partial charge in [0.1, 0.15) is 11.6 Å². The van der Waals surface area contributed by atoms with E-state index in [0.29, 0.717) is 11.4 Å². The summed E-state index contributed by atoms with van der Waals surface area (Å²) < 4.78 is 18.3. The summed E-state index contributed by atoms with van der Waals surface area (Å²) in [5.74, 6) is 0.224. The second-order valence-electron chi connectivity index (χ2n) is 5.79. The van der Waals surface area contributed by atoms with Crippen LogP contribution in [0.25, 0.3) is 0 Å². The average molecular weight is 376 g/mol. The first kappa shape index (κ1) is 19.8. The molecule has 26 heavy (non-hydrogen) atoms. The van der Waals surface area contributed by atoms with Crippen molar-refractivity contribution in [3.8, 4) is 5.75 Å². The van der Waals surface area contributed by atoms with Crippen LogP contribution in [0.3, 0.4) is 0 Å². The standard InChI is InChI=1S/C19H21FN2O3S/c1-13(2)25-17-9-7-16(8-10-17)22-19(24)12-26-11-18(23)21-15-5-3-14(20)4-6-15/h3-10,13H,11-12H2,1-2H3,(H,21,23)(H,22,24). The van der Waals surface area contributed by atoms with Crippen LogP contribution in [0, 0.1) is 5.82 Å². The Morgan fingerprint density at radius 2 is 1.38 bits per heavy atom. The molecule has 0 spiro atoms.